The minimum atomic E-state index is 0.462. The van der Waals surface area contributed by atoms with E-state index in [1.54, 1.807) is 0 Å². The highest BCUT2D eigenvalue weighted by atomic mass is 15.0. The summed E-state index contributed by atoms with van der Waals surface area (Å²) in [5, 5.41) is 4.79. The Hall–Kier alpha value is -2.13. The van der Waals surface area contributed by atoms with Crippen LogP contribution >= 0.6 is 0 Å². The summed E-state index contributed by atoms with van der Waals surface area (Å²) in [5.74, 6) is 0. The van der Waals surface area contributed by atoms with Gasteiger partial charge in [0.25, 0.3) is 0 Å². The molecule has 100 valence electrons. The van der Waals surface area contributed by atoms with Crippen molar-refractivity contribution in [1.82, 2.24) is 14.9 Å². The Bertz CT molecular complexity index is 739. The lowest BCUT2D eigenvalue weighted by Crippen LogP contribution is -2.13. The fraction of sp³-hybridized carbons (Fsp3) is 0.235. The van der Waals surface area contributed by atoms with Crippen LogP contribution < -0.4 is 5.32 Å². The zero-order valence-corrected chi connectivity index (χ0v) is 11.3. The van der Waals surface area contributed by atoms with Crippen molar-refractivity contribution in [2.45, 2.75) is 18.9 Å². The molecule has 3 aromatic rings. The molecule has 0 bridgehead atoms. The minimum Gasteiger partial charge on any atom is -0.315 e. The zero-order valence-electron chi connectivity index (χ0n) is 11.3. The molecule has 1 N–H and O–H groups in total. The molecule has 4 rings (SSSR count). The van der Waals surface area contributed by atoms with Crippen molar-refractivity contribution in [2.75, 3.05) is 6.54 Å². The number of pyridine rings is 1. The summed E-state index contributed by atoms with van der Waals surface area (Å²) < 4.78 is 2.21. The molecule has 3 heterocycles. The Labute approximate surface area is 118 Å². The molecule has 0 aliphatic carbocycles. The van der Waals surface area contributed by atoms with Gasteiger partial charge in [0.2, 0.25) is 0 Å². The smallest absolute Gasteiger partial charge is 0.0642 e. The van der Waals surface area contributed by atoms with Crippen LogP contribution in [0.15, 0.2) is 55.0 Å². The van der Waals surface area contributed by atoms with E-state index in [9.17, 15) is 0 Å². The summed E-state index contributed by atoms with van der Waals surface area (Å²) >= 11 is 0. The Kier molecular flexibility index (Phi) is 2.78. The van der Waals surface area contributed by atoms with Crippen molar-refractivity contribution in [2.24, 2.45) is 0 Å². The van der Waals surface area contributed by atoms with Crippen molar-refractivity contribution in [3.05, 3.63) is 60.6 Å². The number of benzene rings is 1. The number of nitrogens with one attached hydrogen (secondary N) is 1. The lowest BCUT2D eigenvalue weighted by molar-refractivity contribution is 0.644. The molecule has 1 fully saturated rings. The molecular formula is C17H17N3. The fourth-order valence-corrected chi connectivity index (χ4v) is 3.04. The van der Waals surface area contributed by atoms with Crippen molar-refractivity contribution >= 4 is 10.9 Å². The van der Waals surface area contributed by atoms with E-state index in [1.807, 2.05) is 12.4 Å². The van der Waals surface area contributed by atoms with Gasteiger partial charge in [-0.15, -0.1) is 0 Å². The Morgan fingerprint density at radius 1 is 1.15 bits per heavy atom. The van der Waals surface area contributed by atoms with Gasteiger partial charge < -0.3 is 9.88 Å². The van der Waals surface area contributed by atoms with Gasteiger partial charge in [0, 0.05) is 18.4 Å². The number of rotatable bonds is 2. The van der Waals surface area contributed by atoms with Crippen LogP contribution in [0.5, 0.6) is 0 Å². The average molecular weight is 263 g/mol. The van der Waals surface area contributed by atoms with Gasteiger partial charge in [-0.1, -0.05) is 18.2 Å². The van der Waals surface area contributed by atoms with Gasteiger partial charge >= 0.3 is 0 Å². The van der Waals surface area contributed by atoms with Gasteiger partial charge in [-0.3, -0.25) is 4.98 Å². The van der Waals surface area contributed by atoms with Gasteiger partial charge in [0.15, 0.2) is 0 Å². The van der Waals surface area contributed by atoms with Gasteiger partial charge in [-0.2, -0.15) is 0 Å². The van der Waals surface area contributed by atoms with E-state index in [0.29, 0.717) is 6.04 Å². The highest BCUT2D eigenvalue weighted by molar-refractivity contribution is 5.81. The SMILES string of the molecule is c1ccc2c(c1)ccn2-c1cncc([C@@H]2CCCN2)c1. The minimum absolute atomic E-state index is 0.462. The molecular weight excluding hydrogens is 246 g/mol. The number of hydrogen-bond acceptors (Lipinski definition) is 2. The van der Waals surface area contributed by atoms with E-state index in [4.69, 9.17) is 0 Å². The molecule has 1 saturated heterocycles. The van der Waals surface area contributed by atoms with Crippen molar-refractivity contribution in [3.8, 4) is 5.69 Å². The standard InChI is InChI=1S/C17H17N3/c1-2-6-17-13(4-1)7-9-20(17)15-10-14(11-18-12-15)16-5-3-8-19-16/h1-2,4,6-7,9-12,16,19H,3,5,8H2/t16-/m0/s1. The summed E-state index contributed by atoms with van der Waals surface area (Å²) in [7, 11) is 0. The second-order valence-corrected chi connectivity index (χ2v) is 5.37. The molecule has 1 atom stereocenters. The maximum atomic E-state index is 4.43. The molecule has 0 saturated carbocycles. The van der Waals surface area contributed by atoms with Crippen LogP contribution in [0.3, 0.4) is 0 Å². The van der Waals surface area contributed by atoms with Gasteiger partial charge in [-0.05, 0) is 48.5 Å². The molecule has 0 amide bonds. The van der Waals surface area contributed by atoms with Crippen LogP contribution in [0.25, 0.3) is 16.6 Å². The summed E-state index contributed by atoms with van der Waals surface area (Å²) in [4.78, 5) is 4.43. The number of nitrogens with zero attached hydrogens (tertiary/aromatic N) is 2. The number of fused-ring (bicyclic) bond motifs is 1. The van der Waals surface area contributed by atoms with Crippen LogP contribution in [0.4, 0.5) is 0 Å². The quantitative estimate of drug-likeness (QED) is 0.767. The normalized spacial score (nSPS) is 18.7. The first-order chi connectivity index (χ1) is 9.92. The maximum absolute atomic E-state index is 4.43. The number of hydrogen-bond donors (Lipinski definition) is 1. The molecule has 0 radical (unpaired) electrons. The zero-order chi connectivity index (χ0) is 13.4. The fourth-order valence-electron chi connectivity index (χ4n) is 3.04. The monoisotopic (exact) mass is 263 g/mol. The van der Waals surface area contributed by atoms with Gasteiger partial charge in [0.1, 0.15) is 0 Å². The first-order valence-corrected chi connectivity index (χ1v) is 7.17. The van der Waals surface area contributed by atoms with E-state index in [2.05, 4.69) is 57.5 Å². The highest BCUT2D eigenvalue weighted by Gasteiger charge is 2.17. The predicted molar refractivity (Wildman–Crippen MR) is 81.0 cm³/mol. The van der Waals surface area contributed by atoms with E-state index < -0.39 is 0 Å². The van der Waals surface area contributed by atoms with Gasteiger partial charge in [-0.25, -0.2) is 0 Å². The average Bonchev–Trinajstić information content (AvgIpc) is 3.17. The molecule has 1 aromatic carbocycles. The highest BCUT2D eigenvalue weighted by Crippen LogP contribution is 2.25. The Balaban J connectivity index is 1.80. The molecule has 20 heavy (non-hydrogen) atoms. The van der Waals surface area contributed by atoms with Crippen LogP contribution in [0, 0.1) is 0 Å². The van der Waals surface area contributed by atoms with E-state index in [-0.39, 0.29) is 0 Å². The predicted octanol–water partition coefficient (Wildman–Crippen LogP) is 3.45. The summed E-state index contributed by atoms with van der Waals surface area (Å²) in [5.41, 5.74) is 3.65. The lowest BCUT2D eigenvalue weighted by atomic mass is 10.1. The third-order valence-electron chi connectivity index (χ3n) is 4.09. The van der Waals surface area contributed by atoms with Crippen LogP contribution in [-0.4, -0.2) is 16.1 Å². The molecule has 3 heteroatoms. The summed E-state index contributed by atoms with van der Waals surface area (Å²) in [6.45, 7) is 1.11. The summed E-state index contributed by atoms with van der Waals surface area (Å²) in [6.07, 6.45) is 8.50. The molecule has 1 aliphatic heterocycles. The van der Waals surface area contributed by atoms with Crippen LogP contribution in [0.2, 0.25) is 0 Å². The van der Waals surface area contributed by atoms with Crippen LogP contribution in [-0.2, 0) is 0 Å². The van der Waals surface area contributed by atoms with Gasteiger partial charge in [0.05, 0.1) is 17.4 Å². The van der Waals surface area contributed by atoms with E-state index >= 15 is 0 Å². The van der Waals surface area contributed by atoms with Crippen molar-refractivity contribution in [3.63, 3.8) is 0 Å². The Morgan fingerprint density at radius 2 is 2.10 bits per heavy atom. The maximum Gasteiger partial charge on any atom is 0.0642 e. The molecule has 3 nitrogen and oxygen atoms in total. The third-order valence-corrected chi connectivity index (χ3v) is 4.09. The molecule has 1 aliphatic rings. The van der Waals surface area contributed by atoms with Crippen LogP contribution in [0.1, 0.15) is 24.4 Å². The van der Waals surface area contributed by atoms with Crippen molar-refractivity contribution in [1.29, 1.82) is 0 Å². The Morgan fingerprint density at radius 3 is 3.00 bits per heavy atom. The second-order valence-electron chi connectivity index (χ2n) is 5.37. The largest absolute Gasteiger partial charge is 0.315 e. The van der Waals surface area contributed by atoms with Crippen molar-refractivity contribution < 1.29 is 0 Å². The van der Waals surface area contributed by atoms with E-state index in [0.717, 1.165) is 12.2 Å². The molecule has 2 aromatic heterocycles. The number of para-hydroxylation sites is 1. The topological polar surface area (TPSA) is 29.9 Å². The first-order valence-electron chi connectivity index (χ1n) is 7.17. The molecule has 0 unspecified atom stereocenters. The van der Waals surface area contributed by atoms with E-state index in [1.165, 1.54) is 29.3 Å². The summed E-state index contributed by atoms with van der Waals surface area (Å²) in [6, 6.07) is 13.3. The lowest BCUT2D eigenvalue weighted by Gasteiger charge is -2.12. The second kappa shape index (κ2) is 4.76. The number of aromatic nitrogens is 2. The molecule has 0 spiro atoms. The third kappa shape index (κ3) is 1.91. The first kappa shape index (κ1) is 11.7.